The number of likely N-dealkylation sites (N-methyl/N-ethyl adjacent to an activating group) is 1. The Hall–Kier alpha value is -4.57. The van der Waals surface area contributed by atoms with E-state index in [1.165, 1.54) is 238 Å². The highest BCUT2D eigenvalue weighted by Gasteiger charge is 2.25. The first-order valence-electron chi connectivity index (χ1n) is 42.3. The van der Waals surface area contributed by atoms with Gasteiger partial charge in [-0.05, 0) is 109 Å². The van der Waals surface area contributed by atoms with Crippen LogP contribution in [0.3, 0.4) is 0 Å². The molecule has 1 N–H and O–H groups in total. The van der Waals surface area contributed by atoms with Crippen molar-refractivity contribution in [2.24, 2.45) is 0 Å². The molecule has 0 aliphatic heterocycles. The molecule has 0 fully saturated rings. The Morgan fingerprint density at radius 2 is 0.535 bits per heavy atom. The second kappa shape index (κ2) is 81.1. The van der Waals surface area contributed by atoms with Crippen molar-refractivity contribution in [1.82, 2.24) is 0 Å². The van der Waals surface area contributed by atoms with Crippen LogP contribution < -0.4 is 0 Å². The average molecular weight is 1410 g/mol. The van der Waals surface area contributed by atoms with Gasteiger partial charge in [-0.1, -0.05) is 385 Å². The molecule has 2 atom stereocenters. The molecule has 0 heterocycles. The largest absolute Gasteiger partial charge is 0.477 e. The van der Waals surface area contributed by atoms with Gasteiger partial charge in [0.05, 0.1) is 34.4 Å². The first-order valence-corrected chi connectivity index (χ1v) is 42.3. The Balaban J connectivity index is 3.97. The van der Waals surface area contributed by atoms with E-state index in [0.717, 1.165) is 109 Å². The van der Waals surface area contributed by atoms with Crippen molar-refractivity contribution < 1.29 is 42.9 Å². The van der Waals surface area contributed by atoms with Crippen molar-refractivity contribution in [3.05, 3.63) is 134 Å². The van der Waals surface area contributed by atoms with Gasteiger partial charge in [0.25, 0.3) is 6.29 Å². The van der Waals surface area contributed by atoms with Crippen LogP contribution in [0.25, 0.3) is 0 Å². The van der Waals surface area contributed by atoms with Crippen LogP contribution in [0.1, 0.15) is 373 Å². The van der Waals surface area contributed by atoms with Crippen LogP contribution in [0.15, 0.2) is 134 Å². The van der Waals surface area contributed by atoms with E-state index in [-0.39, 0.29) is 32.2 Å². The van der Waals surface area contributed by atoms with Gasteiger partial charge in [-0.2, -0.15) is 0 Å². The van der Waals surface area contributed by atoms with Gasteiger partial charge in [-0.15, -0.1) is 0 Å². The number of rotatable bonds is 78. The topological polar surface area (TPSA) is 108 Å². The number of hydrogen-bond acceptors (Lipinski definition) is 7. The maximum absolute atomic E-state index is 13.0. The minimum absolute atomic E-state index is 0.182. The van der Waals surface area contributed by atoms with Crippen LogP contribution in [-0.2, 0) is 33.3 Å². The number of carboxylic acids is 1. The van der Waals surface area contributed by atoms with Crippen molar-refractivity contribution in [1.29, 1.82) is 0 Å². The minimum atomic E-state index is -1.51. The third kappa shape index (κ3) is 82.6. The van der Waals surface area contributed by atoms with Gasteiger partial charge in [-0.3, -0.25) is 9.59 Å². The normalized spacial score (nSPS) is 13.3. The number of aliphatic carboxylic acids is 1. The smallest absolute Gasteiger partial charge is 0.361 e. The van der Waals surface area contributed by atoms with E-state index in [9.17, 15) is 19.5 Å². The molecular formula is C92H160NO8+. The highest BCUT2D eigenvalue weighted by Crippen LogP contribution is 2.19. The van der Waals surface area contributed by atoms with Crippen molar-refractivity contribution in [2.45, 2.75) is 386 Å². The summed E-state index contributed by atoms with van der Waals surface area (Å²) in [6.45, 7) is 4.69. The zero-order valence-corrected chi connectivity index (χ0v) is 66.5. The van der Waals surface area contributed by atoms with Gasteiger partial charge in [0.15, 0.2) is 6.10 Å². The molecule has 0 aromatic rings. The molecule has 0 spiro atoms. The quantitative estimate of drug-likeness (QED) is 0.0211. The lowest BCUT2D eigenvalue weighted by molar-refractivity contribution is -0.870. The number of carbonyl (C=O) groups is 3. The van der Waals surface area contributed by atoms with E-state index in [2.05, 4.69) is 148 Å². The molecule has 0 aliphatic carbocycles. The SMILES string of the molecule is CC/C=C\C/C=C\C/C=C\C/C=C\C/C=C\C/C=C\CCCCCCCCCCCCCCCCCCC(=O)OC(COC(=O)CCCCCCCCCCCCCCCCCCCCCCCCCCC/C=C\C/C=C\C/C=C\C/C=C\C/C=C\CC)COC(OCC[N+](C)(C)C)C(=O)O. The number of carboxylic acid groups (broad SMARTS) is 1. The van der Waals surface area contributed by atoms with Gasteiger partial charge < -0.3 is 28.5 Å². The number of ether oxygens (including phenoxy) is 4. The molecular weight excluding hydrogens is 1250 g/mol. The summed E-state index contributed by atoms with van der Waals surface area (Å²) in [5.74, 6) is -1.99. The van der Waals surface area contributed by atoms with Gasteiger partial charge in [-0.25, -0.2) is 4.79 Å². The van der Waals surface area contributed by atoms with E-state index in [4.69, 9.17) is 18.9 Å². The zero-order chi connectivity index (χ0) is 73.2. The summed E-state index contributed by atoms with van der Waals surface area (Å²) in [7, 11) is 5.99. The van der Waals surface area contributed by atoms with E-state index in [1.807, 2.05) is 21.1 Å². The van der Waals surface area contributed by atoms with Crippen molar-refractivity contribution >= 4 is 17.9 Å². The molecule has 0 rings (SSSR count). The lowest BCUT2D eigenvalue weighted by atomic mass is 10.0. The van der Waals surface area contributed by atoms with E-state index >= 15 is 0 Å². The Labute approximate surface area is 624 Å². The molecule has 9 heteroatoms. The molecule has 580 valence electrons. The molecule has 0 radical (unpaired) electrons. The number of quaternary nitrogens is 1. The summed E-state index contributed by atoms with van der Waals surface area (Å²) in [6.07, 6.45) is 115. The minimum Gasteiger partial charge on any atom is -0.477 e. The summed E-state index contributed by atoms with van der Waals surface area (Å²) >= 11 is 0. The predicted molar refractivity (Wildman–Crippen MR) is 438 cm³/mol. The monoisotopic (exact) mass is 1410 g/mol. The van der Waals surface area contributed by atoms with Crippen molar-refractivity contribution in [3.63, 3.8) is 0 Å². The number of esters is 2. The van der Waals surface area contributed by atoms with Crippen LogP contribution in [0.4, 0.5) is 0 Å². The Morgan fingerprint density at radius 3 is 0.792 bits per heavy atom. The highest BCUT2D eigenvalue weighted by molar-refractivity contribution is 5.71. The van der Waals surface area contributed by atoms with Crippen LogP contribution in [0.2, 0.25) is 0 Å². The molecule has 0 saturated heterocycles. The number of nitrogens with zero attached hydrogens (tertiary/aromatic N) is 1. The van der Waals surface area contributed by atoms with Crippen LogP contribution >= 0.6 is 0 Å². The van der Waals surface area contributed by atoms with Crippen LogP contribution in [-0.4, -0.2) is 87.4 Å². The molecule has 0 aromatic carbocycles. The van der Waals surface area contributed by atoms with Gasteiger partial charge in [0.2, 0.25) is 0 Å². The molecule has 2 unspecified atom stereocenters. The second-order valence-electron chi connectivity index (χ2n) is 29.4. The molecule has 0 aliphatic rings. The Kier molecular flexibility index (Phi) is 77.4. The van der Waals surface area contributed by atoms with Gasteiger partial charge in [0, 0.05) is 12.8 Å². The van der Waals surface area contributed by atoms with E-state index in [0.29, 0.717) is 17.4 Å². The average Bonchev–Trinajstić information content (AvgIpc) is 1.25. The molecule has 0 bridgehead atoms. The first kappa shape index (κ1) is 96.4. The third-order valence-electron chi connectivity index (χ3n) is 18.4. The molecule has 0 saturated carbocycles. The summed E-state index contributed by atoms with van der Waals surface area (Å²) in [5.41, 5.74) is 0. The maximum Gasteiger partial charge on any atom is 0.361 e. The fourth-order valence-corrected chi connectivity index (χ4v) is 12.1. The zero-order valence-electron chi connectivity index (χ0n) is 66.5. The lowest BCUT2D eigenvalue weighted by Gasteiger charge is -2.25. The molecule has 0 aromatic heterocycles. The maximum atomic E-state index is 13.0. The van der Waals surface area contributed by atoms with E-state index < -0.39 is 24.3 Å². The lowest BCUT2D eigenvalue weighted by Crippen LogP contribution is -2.40. The van der Waals surface area contributed by atoms with Crippen molar-refractivity contribution in [2.75, 3.05) is 47.5 Å². The molecule has 0 amide bonds. The standard InChI is InChI=1S/C92H159NO8/c1-6-8-10-12-14-16-18-20-22-24-26-28-30-32-34-36-38-40-42-43-44-45-46-47-49-50-52-54-56-58-60-62-64-66-68-70-72-74-76-78-80-82-89(94)99-86-88(87-100-92(91(96)97)98-85-84-93(3,4)5)101-90(95)83-81-79-77-75-73-71-69-67-65-63-61-59-57-55-53-51-48-41-39-37-35-33-31-29-27-25-23-21-19-17-15-13-11-9-7-2/h8-11,14-17,20-23,26-29,32-35,39,41,88,92H,6-7,12-13,18-19,24-25,30-31,36-38,40,42-87H2,1-5H3/p+1/b10-8-,11-9-,16-14-,17-15-,22-20-,23-21-,28-26-,29-27-,34-32-,35-33-,41-39-. The predicted octanol–water partition coefficient (Wildman–Crippen LogP) is 27.6. The first-order chi connectivity index (χ1) is 49.6. The van der Waals surface area contributed by atoms with Gasteiger partial charge in [0.1, 0.15) is 13.2 Å². The van der Waals surface area contributed by atoms with Crippen molar-refractivity contribution in [3.8, 4) is 0 Å². The number of unbranched alkanes of at least 4 members (excludes halogenated alkanes) is 41. The van der Waals surface area contributed by atoms with Crippen LogP contribution in [0, 0.1) is 0 Å². The van der Waals surface area contributed by atoms with Gasteiger partial charge >= 0.3 is 17.9 Å². The second-order valence-corrected chi connectivity index (χ2v) is 29.4. The fraction of sp³-hybridized carbons (Fsp3) is 0.728. The third-order valence-corrected chi connectivity index (χ3v) is 18.4. The Bertz CT molecular complexity index is 2130. The molecule has 101 heavy (non-hydrogen) atoms. The number of allylic oxidation sites excluding steroid dienone is 22. The van der Waals surface area contributed by atoms with E-state index in [1.54, 1.807) is 0 Å². The number of hydrogen-bond donors (Lipinski definition) is 1. The summed E-state index contributed by atoms with van der Waals surface area (Å²) in [4.78, 5) is 37.8. The summed E-state index contributed by atoms with van der Waals surface area (Å²) < 4.78 is 23.1. The Morgan fingerprint density at radius 1 is 0.297 bits per heavy atom. The summed E-state index contributed by atoms with van der Waals surface area (Å²) in [6, 6.07) is 0. The fourth-order valence-electron chi connectivity index (χ4n) is 12.1. The highest BCUT2D eigenvalue weighted by atomic mass is 16.7. The molecule has 9 nitrogen and oxygen atoms in total. The van der Waals surface area contributed by atoms with Crippen LogP contribution in [0.5, 0.6) is 0 Å². The summed E-state index contributed by atoms with van der Waals surface area (Å²) in [5, 5.41) is 9.79. The number of carbonyl (C=O) groups excluding carboxylic acids is 2.